The fraction of sp³-hybridized carbons (Fsp3) is 0.222. The minimum absolute atomic E-state index is 0.226. The first kappa shape index (κ1) is 23.8. The number of aryl methyl sites for hydroxylation is 2. The predicted molar refractivity (Wildman–Crippen MR) is 136 cm³/mol. The van der Waals surface area contributed by atoms with Crippen molar-refractivity contribution in [1.82, 2.24) is 9.55 Å². The third-order valence-corrected chi connectivity index (χ3v) is 5.74. The van der Waals surface area contributed by atoms with Crippen LogP contribution in [0.15, 0.2) is 59.4 Å². The molecule has 0 aliphatic rings. The molecule has 4 aromatic rings. The first-order valence-electron chi connectivity index (χ1n) is 11.0. The molecule has 0 fully saturated rings. The summed E-state index contributed by atoms with van der Waals surface area (Å²) in [4.78, 5) is 31.3. The Morgan fingerprint density at radius 1 is 0.943 bits per heavy atom. The fourth-order valence-corrected chi connectivity index (χ4v) is 4.03. The van der Waals surface area contributed by atoms with E-state index in [0.29, 0.717) is 45.2 Å². The van der Waals surface area contributed by atoms with Crippen molar-refractivity contribution in [2.45, 2.75) is 20.4 Å². The zero-order valence-electron chi connectivity index (χ0n) is 20.3. The largest absolute Gasteiger partial charge is 0.493 e. The maximum Gasteiger partial charge on any atom is 0.262 e. The Bertz CT molecular complexity index is 1450. The van der Waals surface area contributed by atoms with Crippen LogP contribution in [0.25, 0.3) is 22.3 Å². The lowest BCUT2D eigenvalue weighted by molar-refractivity contribution is -0.116. The maximum atomic E-state index is 13.5. The molecule has 0 aliphatic heterocycles. The van der Waals surface area contributed by atoms with Crippen LogP contribution in [0.5, 0.6) is 17.2 Å². The Morgan fingerprint density at radius 2 is 1.63 bits per heavy atom. The average molecular weight is 474 g/mol. The van der Waals surface area contributed by atoms with Gasteiger partial charge in [-0.1, -0.05) is 29.8 Å². The van der Waals surface area contributed by atoms with E-state index in [4.69, 9.17) is 19.2 Å². The smallest absolute Gasteiger partial charge is 0.262 e. The number of aromatic nitrogens is 2. The number of nitrogens with one attached hydrogen (secondary N) is 1. The number of rotatable bonds is 7. The predicted octanol–water partition coefficient (Wildman–Crippen LogP) is 4.34. The second-order valence-electron chi connectivity index (χ2n) is 8.12. The van der Waals surface area contributed by atoms with Crippen LogP contribution < -0.4 is 25.1 Å². The quantitative estimate of drug-likeness (QED) is 0.429. The Labute approximate surface area is 203 Å². The van der Waals surface area contributed by atoms with Crippen LogP contribution in [0.2, 0.25) is 0 Å². The molecule has 4 rings (SSSR count). The van der Waals surface area contributed by atoms with E-state index in [-0.39, 0.29) is 18.0 Å². The third-order valence-electron chi connectivity index (χ3n) is 5.74. The highest BCUT2D eigenvalue weighted by atomic mass is 16.5. The summed E-state index contributed by atoms with van der Waals surface area (Å²) in [6.45, 7) is 3.69. The van der Waals surface area contributed by atoms with Crippen molar-refractivity contribution in [2.75, 3.05) is 26.6 Å². The van der Waals surface area contributed by atoms with Crippen LogP contribution in [0.3, 0.4) is 0 Å². The van der Waals surface area contributed by atoms with E-state index in [9.17, 15) is 9.59 Å². The van der Waals surface area contributed by atoms with Gasteiger partial charge in [-0.05, 0) is 49.7 Å². The van der Waals surface area contributed by atoms with Crippen molar-refractivity contribution < 1.29 is 19.0 Å². The van der Waals surface area contributed by atoms with Gasteiger partial charge in [0, 0.05) is 11.3 Å². The average Bonchev–Trinajstić information content (AvgIpc) is 2.86. The number of methoxy groups -OCH3 is 3. The summed E-state index contributed by atoms with van der Waals surface area (Å²) in [5.41, 5.74) is 3.47. The van der Waals surface area contributed by atoms with Gasteiger partial charge >= 0.3 is 0 Å². The van der Waals surface area contributed by atoms with Crippen molar-refractivity contribution in [3.05, 3.63) is 76.1 Å². The summed E-state index contributed by atoms with van der Waals surface area (Å²) in [7, 11) is 4.54. The van der Waals surface area contributed by atoms with E-state index < -0.39 is 0 Å². The molecule has 1 amide bonds. The molecular formula is C27H27N3O5. The van der Waals surface area contributed by atoms with Crippen molar-refractivity contribution in [2.24, 2.45) is 0 Å². The molecule has 0 unspecified atom stereocenters. The first-order valence-corrected chi connectivity index (χ1v) is 11.0. The number of para-hydroxylation sites is 1. The van der Waals surface area contributed by atoms with Gasteiger partial charge in [0.1, 0.15) is 12.4 Å². The summed E-state index contributed by atoms with van der Waals surface area (Å²) in [5.74, 6) is 1.21. The molecular weight excluding hydrogens is 446 g/mol. The van der Waals surface area contributed by atoms with E-state index in [1.807, 2.05) is 38.1 Å². The molecule has 8 heteroatoms. The Hall–Kier alpha value is -4.33. The van der Waals surface area contributed by atoms with Gasteiger partial charge in [0.15, 0.2) is 11.5 Å². The minimum Gasteiger partial charge on any atom is -0.493 e. The molecule has 3 aromatic carbocycles. The Morgan fingerprint density at radius 3 is 2.26 bits per heavy atom. The number of hydrogen-bond acceptors (Lipinski definition) is 6. The van der Waals surface area contributed by atoms with E-state index in [0.717, 1.165) is 11.1 Å². The summed E-state index contributed by atoms with van der Waals surface area (Å²) in [6.07, 6.45) is 0. The monoisotopic (exact) mass is 473 g/mol. The van der Waals surface area contributed by atoms with Gasteiger partial charge in [0.25, 0.3) is 5.56 Å². The number of benzene rings is 3. The fourth-order valence-electron chi connectivity index (χ4n) is 4.03. The number of carbonyl (C=O) groups is 1. The Kier molecular flexibility index (Phi) is 6.73. The van der Waals surface area contributed by atoms with Crippen LogP contribution in [0.4, 0.5) is 5.69 Å². The van der Waals surface area contributed by atoms with Gasteiger partial charge in [0.2, 0.25) is 11.7 Å². The zero-order chi connectivity index (χ0) is 25.1. The third kappa shape index (κ3) is 4.68. The second kappa shape index (κ2) is 9.89. The van der Waals surface area contributed by atoms with Crippen LogP contribution in [-0.4, -0.2) is 36.8 Å². The van der Waals surface area contributed by atoms with Gasteiger partial charge in [-0.2, -0.15) is 0 Å². The normalized spacial score (nSPS) is 10.8. The van der Waals surface area contributed by atoms with Crippen molar-refractivity contribution in [3.8, 4) is 28.6 Å². The van der Waals surface area contributed by atoms with Crippen LogP contribution in [0, 0.1) is 13.8 Å². The van der Waals surface area contributed by atoms with Crippen LogP contribution >= 0.6 is 0 Å². The lowest BCUT2D eigenvalue weighted by atomic mass is 10.1. The molecule has 0 saturated carbocycles. The van der Waals surface area contributed by atoms with Gasteiger partial charge in [0.05, 0.1) is 32.2 Å². The topological polar surface area (TPSA) is 91.7 Å². The molecule has 1 N–H and O–H groups in total. The highest BCUT2D eigenvalue weighted by Gasteiger charge is 2.20. The molecule has 0 spiro atoms. The molecule has 0 radical (unpaired) electrons. The molecule has 8 nitrogen and oxygen atoms in total. The molecule has 0 bridgehead atoms. The number of nitrogens with zero attached hydrogens (tertiary/aromatic N) is 2. The number of fused-ring (bicyclic) bond motifs is 1. The van der Waals surface area contributed by atoms with Crippen molar-refractivity contribution in [1.29, 1.82) is 0 Å². The molecule has 35 heavy (non-hydrogen) atoms. The lowest BCUT2D eigenvalue weighted by Crippen LogP contribution is -2.30. The van der Waals surface area contributed by atoms with Crippen molar-refractivity contribution in [3.63, 3.8) is 0 Å². The minimum atomic E-state index is -0.343. The number of hydrogen-bond donors (Lipinski definition) is 1. The van der Waals surface area contributed by atoms with E-state index in [2.05, 4.69) is 5.32 Å². The summed E-state index contributed by atoms with van der Waals surface area (Å²) < 4.78 is 17.7. The molecule has 0 aliphatic carbocycles. The van der Waals surface area contributed by atoms with E-state index in [1.54, 1.807) is 30.3 Å². The maximum absolute atomic E-state index is 13.5. The molecule has 180 valence electrons. The lowest BCUT2D eigenvalue weighted by Gasteiger charge is -2.17. The number of carbonyl (C=O) groups excluding carboxylic acids is 1. The van der Waals surface area contributed by atoms with E-state index in [1.165, 1.54) is 25.9 Å². The zero-order valence-corrected chi connectivity index (χ0v) is 20.3. The summed E-state index contributed by atoms with van der Waals surface area (Å²) in [6, 6.07) is 16.2. The van der Waals surface area contributed by atoms with Gasteiger partial charge < -0.3 is 19.5 Å². The number of amides is 1. The highest BCUT2D eigenvalue weighted by molar-refractivity contribution is 5.92. The van der Waals surface area contributed by atoms with Gasteiger partial charge in [-0.15, -0.1) is 0 Å². The standard InChI is InChI=1S/C27H27N3O5/c1-16-10-11-20(17(2)12-16)28-24(31)15-30-26(29-21-9-7-6-8-19(21)27(30)32)18-13-22(33-3)25(35-5)23(14-18)34-4/h6-14H,15H2,1-5H3,(H,28,31). The SMILES string of the molecule is COc1cc(-c2nc3ccccc3c(=O)n2CC(=O)Nc2ccc(C)cc2C)cc(OC)c1OC. The molecule has 0 atom stereocenters. The number of ether oxygens (including phenoxy) is 3. The van der Waals surface area contributed by atoms with Crippen LogP contribution in [0.1, 0.15) is 11.1 Å². The first-order chi connectivity index (χ1) is 16.9. The number of anilines is 1. The van der Waals surface area contributed by atoms with Gasteiger partial charge in [-0.25, -0.2) is 4.98 Å². The Balaban J connectivity index is 1.85. The molecule has 1 aromatic heterocycles. The summed E-state index contributed by atoms with van der Waals surface area (Å²) >= 11 is 0. The molecule has 0 saturated heterocycles. The van der Waals surface area contributed by atoms with E-state index >= 15 is 0 Å². The van der Waals surface area contributed by atoms with Gasteiger partial charge in [-0.3, -0.25) is 14.2 Å². The van der Waals surface area contributed by atoms with Crippen LogP contribution in [-0.2, 0) is 11.3 Å². The summed E-state index contributed by atoms with van der Waals surface area (Å²) in [5, 5.41) is 3.33. The van der Waals surface area contributed by atoms with Crippen molar-refractivity contribution >= 4 is 22.5 Å². The molecule has 1 heterocycles. The second-order valence-corrected chi connectivity index (χ2v) is 8.12. The highest BCUT2D eigenvalue weighted by Crippen LogP contribution is 2.40.